The minimum atomic E-state index is -0.392. The van der Waals surface area contributed by atoms with Crippen LogP contribution in [0.3, 0.4) is 0 Å². The molecule has 1 atom stereocenters. The number of H-pyrrole nitrogens is 1. The smallest absolute Gasteiger partial charge is 0.260 e. The van der Waals surface area contributed by atoms with E-state index in [9.17, 15) is 4.79 Å². The molecule has 0 saturated heterocycles. The second kappa shape index (κ2) is 4.88. The number of carbonyl (C=O) groups excluding carboxylic acids is 1. The summed E-state index contributed by atoms with van der Waals surface area (Å²) in [5.41, 5.74) is 4.02. The number of hydrogen-bond acceptors (Lipinski definition) is 2. The number of aromatic amines is 1. The average Bonchev–Trinajstić information content (AvgIpc) is 3.07. The number of aromatic nitrogens is 1. The maximum absolute atomic E-state index is 13.2. The summed E-state index contributed by atoms with van der Waals surface area (Å²) in [4.78, 5) is 18.5. The van der Waals surface area contributed by atoms with Crippen molar-refractivity contribution < 1.29 is 9.53 Å². The predicted molar refractivity (Wildman–Crippen MR) is 100 cm³/mol. The Morgan fingerprint density at radius 1 is 0.962 bits per heavy atom. The molecule has 1 N–H and O–H groups in total. The van der Waals surface area contributed by atoms with Crippen molar-refractivity contribution in [2.24, 2.45) is 0 Å². The summed E-state index contributed by atoms with van der Waals surface area (Å²) in [6.45, 7) is 0.671. The summed E-state index contributed by atoms with van der Waals surface area (Å²) in [6, 6.07) is 20.2. The zero-order valence-corrected chi connectivity index (χ0v) is 14.0. The van der Waals surface area contributed by atoms with E-state index in [1.165, 1.54) is 10.9 Å². The van der Waals surface area contributed by atoms with Crippen LogP contribution in [0.1, 0.15) is 27.8 Å². The summed E-state index contributed by atoms with van der Waals surface area (Å²) in [5, 5.41) is 3.29. The van der Waals surface area contributed by atoms with Gasteiger partial charge in [0.25, 0.3) is 5.91 Å². The van der Waals surface area contributed by atoms with Gasteiger partial charge in [-0.1, -0.05) is 48.5 Å². The molecule has 4 heteroatoms. The van der Waals surface area contributed by atoms with E-state index in [-0.39, 0.29) is 5.91 Å². The zero-order chi connectivity index (χ0) is 17.3. The lowest BCUT2D eigenvalue weighted by atomic mass is 9.98. The first kappa shape index (κ1) is 14.0. The molecule has 2 aliphatic rings. The fourth-order valence-electron chi connectivity index (χ4n) is 4.34. The number of benzene rings is 3. The van der Waals surface area contributed by atoms with Gasteiger partial charge in [-0.05, 0) is 29.5 Å². The van der Waals surface area contributed by atoms with Gasteiger partial charge in [-0.15, -0.1) is 0 Å². The van der Waals surface area contributed by atoms with Crippen LogP contribution in [0.4, 0.5) is 0 Å². The van der Waals surface area contributed by atoms with Crippen molar-refractivity contribution in [2.45, 2.75) is 12.6 Å². The van der Waals surface area contributed by atoms with Crippen molar-refractivity contribution in [3.8, 4) is 5.75 Å². The summed E-state index contributed by atoms with van der Waals surface area (Å²) < 4.78 is 6.45. The molecule has 126 valence electrons. The lowest BCUT2D eigenvalue weighted by molar-refractivity contribution is 0.00294. The number of fused-ring (bicyclic) bond motifs is 8. The highest BCUT2D eigenvalue weighted by Gasteiger charge is 2.40. The van der Waals surface area contributed by atoms with E-state index in [1.807, 2.05) is 47.4 Å². The molecule has 1 unspecified atom stereocenters. The third-order valence-corrected chi connectivity index (χ3v) is 5.58. The van der Waals surface area contributed by atoms with Crippen LogP contribution in [-0.4, -0.2) is 22.3 Å². The standard InChI is InChI=1S/C22H16N2O2/c25-21-17-10-9-13-5-1-2-6-14(13)20(17)26-22-19-16(11-12-24(21)22)15-7-3-4-8-18(15)23-19/h1-10,22-23H,11-12H2. The largest absolute Gasteiger partial charge is 0.463 e. The maximum atomic E-state index is 13.2. The molecule has 0 radical (unpaired) electrons. The van der Waals surface area contributed by atoms with Crippen molar-refractivity contribution in [1.82, 2.24) is 9.88 Å². The molecular formula is C22H16N2O2. The van der Waals surface area contributed by atoms with Gasteiger partial charge in [0.1, 0.15) is 5.75 Å². The molecule has 0 spiro atoms. The van der Waals surface area contributed by atoms with E-state index in [4.69, 9.17) is 4.74 Å². The average molecular weight is 340 g/mol. The second-order valence-electron chi connectivity index (χ2n) is 6.94. The Balaban J connectivity index is 1.59. The molecule has 0 bridgehead atoms. The molecule has 0 aliphatic carbocycles. The summed E-state index contributed by atoms with van der Waals surface area (Å²) in [7, 11) is 0. The van der Waals surface area contributed by atoms with Gasteiger partial charge in [-0.3, -0.25) is 9.69 Å². The number of nitrogens with one attached hydrogen (secondary N) is 1. The Morgan fingerprint density at radius 3 is 2.69 bits per heavy atom. The number of hydrogen-bond donors (Lipinski definition) is 1. The van der Waals surface area contributed by atoms with Crippen LogP contribution < -0.4 is 4.74 Å². The fraction of sp³-hybridized carbons (Fsp3) is 0.136. The molecule has 1 amide bonds. The van der Waals surface area contributed by atoms with Gasteiger partial charge >= 0.3 is 0 Å². The number of para-hydroxylation sites is 1. The first-order valence-corrected chi connectivity index (χ1v) is 8.90. The predicted octanol–water partition coefficient (Wildman–Crippen LogP) is 4.41. The van der Waals surface area contributed by atoms with Crippen molar-refractivity contribution in [2.75, 3.05) is 6.54 Å². The number of nitrogens with zero attached hydrogens (tertiary/aromatic N) is 1. The van der Waals surface area contributed by atoms with Crippen LogP contribution in [0.25, 0.3) is 21.7 Å². The van der Waals surface area contributed by atoms with Gasteiger partial charge in [0, 0.05) is 22.8 Å². The van der Waals surface area contributed by atoms with Crippen molar-refractivity contribution in [1.29, 1.82) is 0 Å². The SMILES string of the molecule is O=C1c2ccc3ccccc3c2OC2c3[nH]c4ccccc4c3CCN12. The first-order chi connectivity index (χ1) is 12.8. The monoisotopic (exact) mass is 340 g/mol. The highest BCUT2D eigenvalue weighted by atomic mass is 16.5. The molecule has 2 aliphatic heterocycles. The minimum Gasteiger partial charge on any atom is -0.463 e. The number of amides is 1. The van der Waals surface area contributed by atoms with Crippen LogP contribution in [-0.2, 0) is 6.42 Å². The van der Waals surface area contributed by atoms with Gasteiger partial charge in [0.15, 0.2) is 0 Å². The quantitative estimate of drug-likeness (QED) is 0.515. The number of rotatable bonds is 0. The Morgan fingerprint density at radius 2 is 1.77 bits per heavy atom. The molecule has 3 aromatic carbocycles. The van der Waals surface area contributed by atoms with Crippen LogP contribution in [0.5, 0.6) is 5.75 Å². The number of carbonyl (C=O) groups is 1. The lowest BCUT2D eigenvalue weighted by Gasteiger charge is -2.39. The van der Waals surface area contributed by atoms with E-state index >= 15 is 0 Å². The van der Waals surface area contributed by atoms with E-state index in [2.05, 4.69) is 23.2 Å². The van der Waals surface area contributed by atoms with Gasteiger partial charge in [-0.2, -0.15) is 0 Å². The van der Waals surface area contributed by atoms with Gasteiger partial charge in [-0.25, -0.2) is 0 Å². The van der Waals surface area contributed by atoms with Crippen LogP contribution >= 0.6 is 0 Å². The number of ether oxygens (including phenoxy) is 1. The maximum Gasteiger partial charge on any atom is 0.260 e. The van der Waals surface area contributed by atoms with E-state index in [0.29, 0.717) is 17.9 Å². The van der Waals surface area contributed by atoms with Gasteiger partial charge in [0.05, 0.1) is 11.3 Å². The van der Waals surface area contributed by atoms with Crippen molar-refractivity contribution in [3.05, 3.63) is 77.5 Å². The van der Waals surface area contributed by atoms with Gasteiger partial charge in [0.2, 0.25) is 6.23 Å². The Hall–Kier alpha value is -3.27. The van der Waals surface area contributed by atoms with Crippen LogP contribution in [0, 0.1) is 0 Å². The van der Waals surface area contributed by atoms with E-state index in [0.717, 1.165) is 28.4 Å². The highest BCUT2D eigenvalue weighted by Crippen LogP contribution is 2.43. The van der Waals surface area contributed by atoms with Crippen LogP contribution in [0.15, 0.2) is 60.7 Å². The molecule has 6 rings (SSSR count). The molecule has 3 heterocycles. The summed E-state index contributed by atoms with van der Waals surface area (Å²) >= 11 is 0. The molecule has 0 fully saturated rings. The lowest BCUT2D eigenvalue weighted by Crippen LogP contribution is -2.45. The second-order valence-corrected chi connectivity index (χ2v) is 6.94. The van der Waals surface area contributed by atoms with Crippen molar-refractivity contribution >= 4 is 27.6 Å². The molecular weight excluding hydrogens is 324 g/mol. The zero-order valence-electron chi connectivity index (χ0n) is 14.0. The van der Waals surface area contributed by atoms with E-state index in [1.54, 1.807) is 0 Å². The topological polar surface area (TPSA) is 45.3 Å². The highest BCUT2D eigenvalue weighted by molar-refractivity contribution is 6.05. The molecule has 26 heavy (non-hydrogen) atoms. The first-order valence-electron chi connectivity index (χ1n) is 8.90. The minimum absolute atomic E-state index is 0.0475. The van der Waals surface area contributed by atoms with Crippen LogP contribution in [0.2, 0.25) is 0 Å². The Kier molecular flexibility index (Phi) is 2.62. The third-order valence-electron chi connectivity index (χ3n) is 5.58. The third kappa shape index (κ3) is 1.71. The summed E-state index contributed by atoms with van der Waals surface area (Å²) in [6.07, 6.45) is 0.449. The van der Waals surface area contributed by atoms with Crippen molar-refractivity contribution in [3.63, 3.8) is 0 Å². The fourth-order valence-corrected chi connectivity index (χ4v) is 4.34. The Bertz CT molecular complexity index is 1210. The molecule has 4 nitrogen and oxygen atoms in total. The molecule has 1 aromatic heterocycles. The molecule has 0 saturated carbocycles. The normalized spacial score (nSPS) is 18.4. The van der Waals surface area contributed by atoms with E-state index < -0.39 is 6.23 Å². The summed E-state index contributed by atoms with van der Waals surface area (Å²) in [5.74, 6) is 0.743. The Labute approximate surface area is 150 Å². The molecule has 4 aromatic rings. The van der Waals surface area contributed by atoms with Gasteiger partial charge < -0.3 is 9.72 Å².